The van der Waals surface area contributed by atoms with Crippen LogP contribution in [0.3, 0.4) is 0 Å². The first-order chi connectivity index (χ1) is 9.19. The molecule has 1 rings (SSSR count). The van der Waals surface area contributed by atoms with Gasteiger partial charge in [0.05, 0.1) is 6.54 Å². The van der Waals surface area contributed by atoms with Crippen LogP contribution in [0.2, 0.25) is 0 Å². The number of carbonyl (C=O) groups excluding carboxylic acids is 2. The molecule has 108 valence electrons. The molecule has 0 atom stereocenters. The number of ether oxygens (including phenoxy) is 1. The summed E-state index contributed by atoms with van der Waals surface area (Å²) in [7, 11) is 3.32. The maximum atomic E-state index is 11.3. The molecule has 1 aliphatic rings. The lowest BCUT2D eigenvalue weighted by Gasteiger charge is -2.15. The number of nitrogens with one attached hydrogen (secondary N) is 3. The van der Waals surface area contributed by atoms with Crippen LogP contribution in [0.25, 0.3) is 0 Å². The SMILES string of the molecule is CN=C(NCCCOC)NCCN1C(=O)CNC1=O. The van der Waals surface area contributed by atoms with Crippen molar-refractivity contribution in [3.8, 4) is 0 Å². The van der Waals surface area contributed by atoms with Crippen LogP contribution in [-0.4, -0.2) is 69.7 Å². The van der Waals surface area contributed by atoms with Gasteiger partial charge >= 0.3 is 6.03 Å². The average molecular weight is 271 g/mol. The van der Waals surface area contributed by atoms with Gasteiger partial charge in [-0.25, -0.2) is 4.79 Å². The van der Waals surface area contributed by atoms with Gasteiger partial charge in [-0.3, -0.25) is 14.7 Å². The Morgan fingerprint density at radius 2 is 2.16 bits per heavy atom. The third-order valence-corrected chi connectivity index (χ3v) is 2.61. The lowest BCUT2D eigenvalue weighted by Crippen LogP contribution is -2.43. The van der Waals surface area contributed by atoms with Crippen LogP contribution in [-0.2, 0) is 9.53 Å². The lowest BCUT2D eigenvalue weighted by atomic mass is 10.4. The smallest absolute Gasteiger partial charge is 0.324 e. The Balaban J connectivity index is 2.19. The molecule has 0 saturated carbocycles. The Morgan fingerprint density at radius 3 is 2.74 bits per heavy atom. The summed E-state index contributed by atoms with van der Waals surface area (Å²) in [6.45, 7) is 2.30. The molecule has 0 aromatic carbocycles. The summed E-state index contributed by atoms with van der Waals surface area (Å²) in [6, 6.07) is -0.338. The van der Waals surface area contributed by atoms with Gasteiger partial charge in [0.2, 0.25) is 5.91 Å². The largest absolute Gasteiger partial charge is 0.385 e. The molecule has 1 saturated heterocycles. The molecule has 8 nitrogen and oxygen atoms in total. The molecule has 3 N–H and O–H groups in total. The zero-order chi connectivity index (χ0) is 14.1. The van der Waals surface area contributed by atoms with Gasteiger partial charge in [-0.1, -0.05) is 0 Å². The molecule has 1 heterocycles. The van der Waals surface area contributed by atoms with Crippen LogP contribution >= 0.6 is 0 Å². The Bertz CT molecular complexity index is 329. The van der Waals surface area contributed by atoms with Crippen LogP contribution in [0.15, 0.2) is 4.99 Å². The van der Waals surface area contributed by atoms with E-state index in [4.69, 9.17) is 4.74 Å². The van der Waals surface area contributed by atoms with Crippen molar-refractivity contribution in [2.75, 3.05) is 46.9 Å². The third kappa shape index (κ3) is 5.12. The van der Waals surface area contributed by atoms with E-state index >= 15 is 0 Å². The zero-order valence-electron chi connectivity index (χ0n) is 11.4. The number of aliphatic imine (C=N–C) groups is 1. The first-order valence-electron chi connectivity index (χ1n) is 6.20. The summed E-state index contributed by atoms with van der Waals surface area (Å²) in [6.07, 6.45) is 0.879. The fourth-order valence-corrected chi connectivity index (χ4v) is 1.61. The van der Waals surface area contributed by atoms with Crippen molar-refractivity contribution in [2.24, 2.45) is 4.99 Å². The molecule has 8 heteroatoms. The molecule has 19 heavy (non-hydrogen) atoms. The predicted octanol–water partition coefficient (Wildman–Crippen LogP) is -1.26. The Kier molecular flexibility index (Phi) is 6.65. The van der Waals surface area contributed by atoms with Crippen LogP contribution in [0.4, 0.5) is 4.79 Å². The van der Waals surface area contributed by atoms with Crippen molar-refractivity contribution in [2.45, 2.75) is 6.42 Å². The quantitative estimate of drug-likeness (QED) is 0.232. The number of urea groups is 1. The zero-order valence-corrected chi connectivity index (χ0v) is 11.4. The lowest BCUT2D eigenvalue weighted by molar-refractivity contribution is -0.124. The average Bonchev–Trinajstić information content (AvgIpc) is 2.73. The fraction of sp³-hybridized carbons (Fsp3) is 0.727. The highest BCUT2D eigenvalue weighted by molar-refractivity contribution is 6.01. The number of imide groups is 1. The molecule has 0 bridgehead atoms. The van der Waals surface area contributed by atoms with E-state index in [0.717, 1.165) is 13.0 Å². The summed E-state index contributed by atoms with van der Waals surface area (Å²) >= 11 is 0. The van der Waals surface area contributed by atoms with Gasteiger partial charge < -0.3 is 20.7 Å². The monoisotopic (exact) mass is 271 g/mol. The molecule has 3 amide bonds. The van der Waals surface area contributed by atoms with E-state index in [9.17, 15) is 9.59 Å². The highest BCUT2D eigenvalue weighted by atomic mass is 16.5. The summed E-state index contributed by atoms with van der Waals surface area (Å²) in [5.41, 5.74) is 0. The fourth-order valence-electron chi connectivity index (χ4n) is 1.61. The van der Waals surface area contributed by atoms with E-state index < -0.39 is 0 Å². The molecule has 1 fully saturated rings. The molecule has 0 radical (unpaired) electrons. The van der Waals surface area contributed by atoms with E-state index in [1.54, 1.807) is 14.2 Å². The minimum absolute atomic E-state index is 0.0861. The number of methoxy groups -OCH3 is 1. The second-order valence-electron chi connectivity index (χ2n) is 3.98. The van der Waals surface area contributed by atoms with Gasteiger partial charge in [0.15, 0.2) is 5.96 Å². The normalized spacial score (nSPS) is 15.7. The van der Waals surface area contributed by atoms with Crippen molar-refractivity contribution in [3.05, 3.63) is 0 Å². The first kappa shape index (κ1) is 15.2. The van der Waals surface area contributed by atoms with E-state index in [2.05, 4.69) is 20.9 Å². The minimum Gasteiger partial charge on any atom is -0.385 e. The summed E-state index contributed by atoms with van der Waals surface area (Å²) in [5.74, 6) is 0.443. The second-order valence-corrected chi connectivity index (χ2v) is 3.98. The summed E-state index contributed by atoms with van der Waals surface area (Å²) in [5, 5.41) is 8.62. The molecular formula is C11H21N5O3. The molecule has 1 aliphatic heterocycles. The van der Waals surface area contributed by atoms with E-state index in [1.165, 1.54) is 4.90 Å². The van der Waals surface area contributed by atoms with Crippen LogP contribution in [0.5, 0.6) is 0 Å². The number of rotatable bonds is 7. The topological polar surface area (TPSA) is 95.1 Å². The van der Waals surface area contributed by atoms with E-state index in [1.807, 2.05) is 0 Å². The molecule has 0 aliphatic carbocycles. The van der Waals surface area contributed by atoms with E-state index in [-0.39, 0.29) is 18.5 Å². The second kappa shape index (κ2) is 8.30. The number of amides is 3. The maximum Gasteiger partial charge on any atom is 0.324 e. The number of guanidine groups is 1. The standard InChI is InChI=1S/C11H21N5O3/c1-12-10(13-4-3-7-19-2)14-5-6-16-9(17)8-15-11(16)18/h3-8H2,1-2H3,(H,15,18)(H2,12,13,14). The maximum absolute atomic E-state index is 11.3. The van der Waals surface area contributed by atoms with Gasteiger partial charge in [0.1, 0.15) is 0 Å². The predicted molar refractivity (Wildman–Crippen MR) is 71.0 cm³/mol. The number of hydrogen-bond donors (Lipinski definition) is 3. The minimum atomic E-state index is -0.338. The van der Waals surface area contributed by atoms with Crippen molar-refractivity contribution in [3.63, 3.8) is 0 Å². The number of carbonyl (C=O) groups is 2. The van der Waals surface area contributed by atoms with E-state index in [0.29, 0.717) is 25.7 Å². The summed E-state index contributed by atoms with van der Waals surface area (Å²) in [4.78, 5) is 27.8. The third-order valence-electron chi connectivity index (χ3n) is 2.61. The van der Waals surface area contributed by atoms with Crippen LogP contribution in [0, 0.1) is 0 Å². The van der Waals surface area contributed by atoms with Crippen molar-refractivity contribution >= 4 is 17.9 Å². The molecular weight excluding hydrogens is 250 g/mol. The summed E-state index contributed by atoms with van der Waals surface area (Å²) < 4.78 is 4.94. The van der Waals surface area contributed by atoms with Crippen molar-refractivity contribution in [1.82, 2.24) is 20.9 Å². The van der Waals surface area contributed by atoms with Crippen LogP contribution in [0.1, 0.15) is 6.42 Å². The first-order valence-corrected chi connectivity index (χ1v) is 6.20. The van der Waals surface area contributed by atoms with Crippen LogP contribution < -0.4 is 16.0 Å². The van der Waals surface area contributed by atoms with Gasteiger partial charge in [-0.15, -0.1) is 0 Å². The Hall–Kier alpha value is -1.83. The molecule has 0 aromatic rings. The van der Waals surface area contributed by atoms with Gasteiger partial charge in [0.25, 0.3) is 0 Å². The van der Waals surface area contributed by atoms with Gasteiger partial charge in [-0.2, -0.15) is 0 Å². The van der Waals surface area contributed by atoms with Gasteiger partial charge in [0, 0.05) is 40.4 Å². The number of hydrogen-bond acceptors (Lipinski definition) is 4. The Morgan fingerprint density at radius 1 is 1.42 bits per heavy atom. The Labute approximate surface area is 112 Å². The highest BCUT2D eigenvalue weighted by Crippen LogP contribution is 1.96. The highest BCUT2D eigenvalue weighted by Gasteiger charge is 2.27. The molecule has 0 spiro atoms. The molecule has 0 aromatic heterocycles. The van der Waals surface area contributed by atoms with Crippen molar-refractivity contribution < 1.29 is 14.3 Å². The van der Waals surface area contributed by atoms with Crippen molar-refractivity contribution in [1.29, 1.82) is 0 Å². The molecule has 0 unspecified atom stereocenters. The number of nitrogens with zero attached hydrogens (tertiary/aromatic N) is 2. The van der Waals surface area contributed by atoms with Gasteiger partial charge in [-0.05, 0) is 6.42 Å².